The predicted molar refractivity (Wildman–Crippen MR) is 69.5 cm³/mol. The molecule has 1 aromatic heterocycles. The van der Waals surface area contributed by atoms with E-state index in [0.29, 0.717) is 10.2 Å². The highest BCUT2D eigenvalue weighted by atomic mass is 79.9. The molecule has 6 nitrogen and oxygen atoms in total. The first-order valence-electron chi connectivity index (χ1n) is 4.89. The summed E-state index contributed by atoms with van der Waals surface area (Å²) in [5.74, 6) is 0.321. The Bertz CT molecular complexity index is 604. The molecule has 0 amide bonds. The van der Waals surface area contributed by atoms with Crippen LogP contribution in [0.2, 0.25) is 0 Å². The molecule has 0 spiro atoms. The topological polar surface area (TPSA) is 91.3 Å². The van der Waals surface area contributed by atoms with Gasteiger partial charge in [0.05, 0.1) is 4.92 Å². The summed E-state index contributed by atoms with van der Waals surface area (Å²) < 4.78 is 5.95. The van der Waals surface area contributed by atoms with Crippen LogP contribution in [0.3, 0.4) is 0 Å². The second kappa shape index (κ2) is 5.01. The first-order chi connectivity index (χ1) is 8.56. The summed E-state index contributed by atoms with van der Waals surface area (Å²) in [6.07, 6.45) is 1.47. The number of hydrogen-bond acceptors (Lipinski definition) is 5. The monoisotopic (exact) mass is 309 g/mol. The highest BCUT2D eigenvalue weighted by Gasteiger charge is 2.16. The molecule has 0 radical (unpaired) electrons. The van der Waals surface area contributed by atoms with Crippen molar-refractivity contribution in [2.24, 2.45) is 0 Å². The van der Waals surface area contributed by atoms with Crippen LogP contribution in [0.25, 0.3) is 0 Å². The number of hydrogen-bond donors (Lipinski definition) is 1. The first kappa shape index (κ1) is 12.3. The van der Waals surface area contributed by atoms with E-state index in [2.05, 4.69) is 20.9 Å². The number of nitro benzene ring substituents is 1. The zero-order chi connectivity index (χ0) is 13.1. The van der Waals surface area contributed by atoms with Gasteiger partial charge < -0.3 is 10.5 Å². The van der Waals surface area contributed by atoms with Gasteiger partial charge >= 0.3 is 5.69 Å². The maximum atomic E-state index is 10.9. The van der Waals surface area contributed by atoms with E-state index in [0.717, 1.165) is 0 Å². The summed E-state index contributed by atoms with van der Waals surface area (Å²) in [4.78, 5) is 14.3. The summed E-state index contributed by atoms with van der Waals surface area (Å²) in [6.45, 7) is 0. The number of anilines is 1. The summed E-state index contributed by atoms with van der Waals surface area (Å²) in [5.41, 5.74) is 5.90. The number of nitrogens with zero attached hydrogens (tertiary/aromatic N) is 2. The fraction of sp³-hybridized carbons (Fsp3) is 0. The molecule has 92 valence electrons. The van der Waals surface area contributed by atoms with E-state index < -0.39 is 4.92 Å². The Kier molecular flexibility index (Phi) is 3.42. The molecule has 2 aromatic rings. The molecular formula is C11H8BrN3O3. The zero-order valence-electron chi connectivity index (χ0n) is 9.04. The average molecular weight is 310 g/mol. The molecule has 18 heavy (non-hydrogen) atoms. The lowest BCUT2D eigenvalue weighted by Gasteiger charge is -2.05. The van der Waals surface area contributed by atoms with Crippen molar-refractivity contribution in [3.8, 4) is 11.6 Å². The number of rotatable bonds is 3. The van der Waals surface area contributed by atoms with Gasteiger partial charge in [-0.2, -0.15) is 0 Å². The van der Waals surface area contributed by atoms with Gasteiger partial charge in [0.15, 0.2) is 0 Å². The van der Waals surface area contributed by atoms with E-state index in [9.17, 15) is 10.1 Å². The first-order valence-corrected chi connectivity index (χ1v) is 5.69. The molecule has 0 unspecified atom stereocenters. The molecule has 0 fully saturated rings. The van der Waals surface area contributed by atoms with Gasteiger partial charge in [-0.1, -0.05) is 15.9 Å². The number of nitrogens with two attached hydrogens (primary N) is 1. The van der Waals surface area contributed by atoms with Crippen molar-refractivity contribution in [1.82, 2.24) is 4.98 Å². The molecule has 2 N–H and O–H groups in total. The molecule has 0 aliphatic carbocycles. The van der Waals surface area contributed by atoms with Gasteiger partial charge in [0.2, 0.25) is 11.6 Å². The molecule has 0 bridgehead atoms. The number of aromatic nitrogens is 1. The van der Waals surface area contributed by atoms with Crippen molar-refractivity contribution in [3.63, 3.8) is 0 Å². The summed E-state index contributed by atoms with van der Waals surface area (Å²) >= 11 is 3.17. The second-order valence-electron chi connectivity index (χ2n) is 3.40. The quantitative estimate of drug-likeness (QED) is 0.694. The Balaban J connectivity index is 2.37. The van der Waals surface area contributed by atoms with Crippen molar-refractivity contribution in [1.29, 1.82) is 0 Å². The fourth-order valence-corrected chi connectivity index (χ4v) is 1.66. The average Bonchev–Trinajstić information content (AvgIpc) is 2.31. The van der Waals surface area contributed by atoms with Crippen LogP contribution in [0, 0.1) is 10.1 Å². The molecule has 0 aliphatic rings. The largest absolute Gasteiger partial charge is 0.432 e. The molecular weight excluding hydrogens is 302 g/mol. The molecule has 1 aromatic carbocycles. The molecule has 7 heteroatoms. The Morgan fingerprint density at radius 3 is 2.78 bits per heavy atom. The van der Waals surface area contributed by atoms with Crippen molar-refractivity contribution in [2.45, 2.75) is 0 Å². The summed E-state index contributed by atoms with van der Waals surface area (Å²) in [6, 6.07) is 7.60. The molecule has 2 rings (SSSR count). The van der Waals surface area contributed by atoms with Gasteiger partial charge in [0.25, 0.3) is 0 Å². The zero-order valence-corrected chi connectivity index (χ0v) is 10.6. The van der Waals surface area contributed by atoms with Gasteiger partial charge in [-0.15, -0.1) is 0 Å². The third-order valence-corrected chi connectivity index (χ3v) is 2.58. The molecule has 0 atom stereocenters. The number of nitrogen functional groups attached to an aromatic ring is 1. The van der Waals surface area contributed by atoms with Crippen molar-refractivity contribution >= 4 is 27.3 Å². The molecule has 1 heterocycles. The van der Waals surface area contributed by atoms with E-state index >= 15 is 0 Å². The minimum absolute atomic E-state index is 0.112. The summed E-state index contributed by atoms with van der Waals surface area (Å²) in [7, 11) is 0. The maximum absolute atomic E-state index is 10.9. The number of nitro groups is 1. The van der Waals surface area contributed by atoms with Crippen LogP contribution in [0.1, 0.15) is 0 Å². The van der Waals surface area contributed by atoms with Crippen LogP contribution in [-0.4, -0.2) is 9.91 Å². The fourth-order valence-electron chi connectivity index (χ4n) is 1.31. The lowest BCUT2D eigenvalue weighted by molar-refractivity contribution is -0.385. The minimum Gasteiger partial charge on any atom is -0.432 e. The number of ether oxygens (including phenoxy) is 1. The lowest BCUT2D eigenvalue weighted by atomic mass is 10.3. The van der Waals surface area contributed by atoms with Crippen LogP contribution in [0.15, 0.2) is 41.0 Å². The van der Waals surface area contributed by atoms with Crippen LogP contribution in [0.4, 0.5) is 11.4 Å². The minimum atomic E-state index is -0.521. The SMILES string of the molecule is Nc1ccnc(Oc2ccc(Br)cc2[N+](=O)[O-])c1. The standard InChI is InChI=1S/C11H8BrN3O3/c12-7-1-2-10(9(5-7)15(16)17)18-11-6-8(13)3-4-14-11/h1-6H,(H2,13,14). The Morgan fingerprint density at radius 1 is 1.33 bits per heavy atom. The molecule has 0 saturated carbocycles. The van der Waals surface area contributed by atoms with Crippen LogP contribution in [-0.2, 0) is 0 Å². The smallest absolute Gasteiger partial charge is 0.312 e. The Morgan fingerprint density at radius 2 is 2.11 bits per heavy atom. The van der Waals surface area contributed by atoms with Gasteiger partial charge in [-0.25, -0.2) is 4.98 Å². The second-order valence-corrected chi connectivity index (χ2v) is 4.31. The van der Waals surface area contributed by atoms with Crippen LogP contribution >= 0.6 is 15.9 Å². The highest BCUT2D eigenvalue weighted by Crippen LogP contribution is 2.33. The number of benzene rings is 1. The number of halogens is 1. The predicted octanol–water partition coefficient (Wildman–Crippen LogP) is 3.13. The van der Waals surface area contributed by atoms with Crippen molar-refractivity contribution in [3.05, 3.63) is 51.1 Å². The highest BCUT2D eigenvalue weighted by molar-refractivity contribution is 9.10. The Labute approximate surface area is 111 Å². The van der Waals surface area contributed by atoms with Gasteiger partial charge in [-0.3, -0.25) is 10.1 Å². The lowest BCUT2D eigenvalue weighted by Crippen LogP contribution is -1.95. The van der Waals surface area contributed by atoms with Crippen LogP contribution in [0.5, 0.6) is 11.6 Å². The maximum Gasteiger partial charge on any atom is 0.312 e. The normalized spacial score (nSPS) is 10.1. The van der Waals surface area contributed by atoms with Crippen molar-refractivity contribution in [2.75, 3.05) is 5.73 Å². The number of pyridine rings is 1. The van der Waals surface area contributed by atoms with Crippen molar-refractivity contribution < 1.29 is 9.66 Å². The van der Waals surface area contributed by atoms with Gasteiger partial charge in [0, 0.05) is 28.5 Å². The van der Waals surface area contributed by atoms with E-state index in [1.54, 1.807) is 12.1 Å². The van der Waals surface area contributed by atoms with E-state index in [-0.39, 0.29) is 17.3 Å². The van der Waals surface area contributed by atoms with E-state index in [4.69, 9.17) is 10.5 Å². The van der Waals surface area contributed by atoms with Gasteiger partial charge in [0.1, 0.15) is 0 Å². The van der Waals surface area contributed by atoms with E-state index in [1.807, 2.05) is 0 Å². The van der Waals surface area contributed by atoms with Gasteiger partial charge in [-0.05, 0) is 18.2 Å². The third kappa shape index (κ3) is 2.75. The molecule has 0 saturated heterocycles. The summed E-state index contributed by atoms with van der Waals surface area (Å²) in [5, 5.41) is 10.9. The Hall–Kier alpha value is -2.15. The van der Waals surface area contributed by atoms with Crippen LogP contribution < -0.4 is 10.5 Å². The molecule has 0 aliphatic heterocycles. The van der Waals surface area contributed by atoms with E-state index in [1.165, 1.54) is 24.4 Å². The third-order valence-electron chi connectivity index (χ3n) is 2.09.